The lowest BCUT2D eigenvalue weighted by atomic mass is 10.3. The Morgan fingerprint density at radius 1 is 1.21 bits per heavy atom. The molecule has 2 aromatic carbocycles. The second-order valence-electron chi connectivity index (χ2n) is 5.62. The molecule has 1 atom stereocenters. The Hall–Kier alpha value is -2.29. The maximum Gasteiger partial charge on any atom is 0.237 e. The van der Waals surface area contributed by atoms with Gasteiger partial charge in [-0.05, 0) is 48.5 Å². The van der Waals surface area contributed by atoms with Crippen LogP contribution in [0.25, 0.3) is 5.69 Å². The number of amides is 1. The Morgan fingerprint density at radius 3 is 2.64 bits per heavy atom. The molecule has 0 saturated carbocycles. The molecular weight excluding hydrogens is 421 g/mol. The molecule has 1 N–H and O–H groups in total. The topological polar surface area (TPSA) is 81.9 Å². The highest BCUT2D eigenvalue weighted by molar-refractivity contribution is 8.00. The molecule has 0 fully saturated rings. The molecule has 1 amide bonds. The van der Waals surface area contributed by atoms with Crippen LogP contribution >= 0.6 is 35.0 Å². The fraction of sp³-hybridized carbons (Fsp3) is 0.222. The van der Waals surface area contributed by atoms with Crippen LogP contribution in [-0.2, 0) is 4.79 Å². The minimum absolute atomic E-state index is 0.271. The van der Waals surface area contributed by atoms with E-state index in [1.54, 1.807) is 29.8 Å². The number of halogens is 2. The number of rotatable bonds is 7. The largest absolute Gasteiger partial charge is 0.492 e. The Labute approximate surface area is 176 Å². The maximum absolute atomic E-state index is 12.6. The van der Waals surface area contributed by atoms with Crippen LogP contribution in [0.4, 0.5) is 5.69 Å². The van der Waals surface area contributed by atoms with Crippen molar-refractivity contribution in [2.45, 2.75) is 24.3 Å². The van der Waals surface area contributed by atoms with Gasteiger partial charge in [0.15, 0.2) is 0 Å². The summed E-state index contributed by atoms with van der Waals surface area (Å²) in [7, 11) is 0. The summed E-state index contributed by atoms with van der Waals surface area (Å²) in [4.78, 5) is 12.6. The van der Waals surface area contributed by atoms with Crippen molar-refractivity contribution in [1.29, 1.82) is 0 Å². The number of thioether (sulfide) groups is 1. The van der Waals surface area contributed by atoms with Crippen LogP contribution in [0.1, 0.15) is 13.8 Å². The number of nitrogens with one attached hydrogen (secondary N) is 1. The fourth-order valence-electron chi connectivity index (χ4n) is 2.37. The van der Waals surface area contributed by atoms with E-state index in [1.807, 2.05) is 31.2 Å². The molecule has 28 heavy (non-hydrogen) atoms. The van der Waals surface area contributed by atoms with Crippen LogP contribution in [-0.4, -0.2) is 38.0 Å². The van der Waals surface area contributed by atoms with Crippen molar-refractivity contribution < 1.29 is 9.53 Å². The normalized spacial score (nSPS) is 11.9. The first-order valence-electron chi connectivity index (χ1n) is 8.43. The molecule has 3 rings (SSSR count). The number of nitrogens with zero attached hydrogens (tertiary/aromatic N) is 4. The van der Waals surface area contributed by atoms with Crippen LogP contribution in [0.3, 0.4) is 0 Å². The Bertz CT molecular complexity index is 962. The lowest BCUT2D eigenvalue weighted by molar-refractivity contribution is -0.115. The standard InChI is InChI=1S/C18H17Cl2N5O2S/c1-3-27-15-10-5-4-9-14(15)25-18(22-23-24-25)28-11(2)17(26)21-16-12(19)7-6-8-13(16)20/h4-11H,3H2,1-2H3,(H,21,26). The van der Waals surface area contributed by atoms with E-state index in [0.29, 0.717) is 38.9 Å². The van der Waals surface area contributed by atoms with Crippen molar-refractivity contribution >= 4 is 46.6 Å². The summed E-state index contributed by atoms with van der Waals surface area (Å²) in [6.45, 7) is 4.16. The predicted octanol–water partition coefficient (Wildman–Crippen LogP) is 4.49. The predicted molar refractivity (Wildman–Crippen MR) is 111 cm³/mol. The molecular formula is C18H17Cl2N5O2S. The molecule has 0 aliphatic carbocycles. The number of carbonyl (C=O) groups excluding carboxylic acids is 1. The Kier molecular flexibility index (Phi) is 6.77. The third kappa shape index (κ3) is 4.57. The lowest BCUT2D eigenvalue weighted by Gasteiger charge is -2.14. The summed E-state index contributed by atoms with van der Waals surface area (Å²) in [5.41, 5.74) is 1.07. The first-order chi connectivity index (χ1) is 13.5. The molecule has 0 radical (unpaired) electrons. The zero-order chi connectivity index (χ0) is 20.1. The average molecular weight is 438 g/mol. The monoisotopic (exact) mass is 437 g/mol. The van der Waals surface area contributed by atoms with Crippen molar-refractivity contribution in [3.63, 3.8) is 0 Å². The van der Waals surface area contributed by atoms with Gasteiger partial charge in [-0.2, -0.15) is 4.68 Å². The number of hydrogen-bond donors (Lipinski definition) is 1. The average Bonchev–Trinajstić information content (AvgIpc) is 3.13. The van der Waals surface area contributed by atoms with Crippen LogP contribution in [0.2, 0.25) is 10.0 Å². The third-order valence-electron chi connectivity index (χ3n) is 3.70. The molecule has 0 aliphatic heterocycles. The fourth-order valence-corrected chi connectivity index (χ4v) is 3.66. The van der Waals surface area contributed by atoms with E-state index in [4.69, 9.17) is 27.9 Å². The molecule has 0 bridgehead atoms. The number of aromatic nitrogens is 4. The van der Waals surface area contributed by atoms with E-state index in [-0.39, 0.29) is 5.91 Å². The van der Waals surface area contributed by atoms with E-state index >= 15 is 0 Å². The number of hydrogen-bond acceptors (Lipinski definition) is 6. The summed E-state index contributed by atoms with van der Waals surface area (Å²) in [6, 6.07) is 12.4. The highest BCUT2D eigenvalue weighted by atomic mass is 35.5. The van der Waals surface area contributed by atoms with Gasteiger partial charge in [0, 0.05) is 0 Å². The van der Waals surface area contributed by atoms with Gasteiger partial charge in [0.2, 0.25) is 11.1 Å². The first-order valence-corrected chi connectivity index (χ1v) is 10.1. The number of benzene rings is 2. The summed E-state index contributed by atoms with van der Waals surface area (Å²) >= 11 is 13.4. The SMILES string of the molecule is CCOc1ccccc1-n1nnnc1SC(C)C(=O)Nc1c(Cl)cccc1Cl. The first kappa shape index (κ1) is 20.4. The van der Waals surface area contributed by atoms with Gasteiger partial charge < -0.3 is 10.1 Å². The van der Waals surface area contributed by atoms with Gasteiger partial charge in [-0.3, -0.25) is 4.79 Å². The quantitative estimate of drug-likeness (QED) is 0.548. The van der Waals surface area contributed by atoms with Crippen molar-refractivity contribution in [3.8, 4) is 11.4 Å². The number of para-hydroxylation sites is 3. The van der Waals surface area contributed by atoms with Crippen molar-refractivity contribution in [1.82, 2.24) is 20.2 Å². The molecule has 1 heterocycles. The molecule has 10 heteroatoms. The second-order valence-corrected chi connectivity index (χ2v) is 7.74. The van der Waals surface area contributed by atoms with Crippen molar-refractivity contribution in [3.05, 3.63) is 52.5 Å². The van der Waals surface area contributed by atoms with Gasteiger partial charge in [0.1, 0.15) is 11.4 Å². The minimum Gasteiger partial charge on any atom is -0.492 e. The molecule has 1 unspecified atom stereocenters. The molecule has 7 nitrogen and oxygen atoms in total. The third-order valence-corrected chi connectivity index (χ3v) is 5.36. The zero-order valence-electron chi connectivity index (χ0n) is 15.1. The number of carbonyl (C=O) groups is 1. The second kappa shape index (κ2) is 9.27. The smallest absolute Gasteiger partial charge is 0.237 e. The van der Waals surface area contributed by atoms with Gasteiger partial charge >= 0.3 is 0 Å². The summed E-state index contributed by atoms with van der Waals surface area (Å²) < 4.78 is 7.18. The van der Waals surface area contributed by atoms with E-state index < -0.39 is 5.25 Å². The Balaban J connectivity index is 1.78. The van der Waals surface area contributed by atoms with Crippen LogP contribution in [0.5, 0.6) is 5.75 Å². The summed E-state index contributed by atoms with van der Waals surface area (Å²) in [6.07, 6.45) is 0. The van der Waals surface area contributed by atoms with Crippen molar-refractivity contribution in [2.24, 2.45) is 0 Å². The van der Waals surface area contributed by atoms with Crippen LogP contribution in [0, 0.1) is 0 Å². The molecule has 146 valence electrons. The summed E-state index contributed by atoms with van der Waals surface area (Å²) in [5.74, 6) is 0.381. The molecule has 0 spiro atoms. The van der Waals surface area contributed by atoms with E-state index in [0.717, 1.165) is 0 Å². The molecule has 0 aliphatic rings. The maximum atomic E-state index is 12.6. The number of tetrazole rings is 1. The summed E-state index contributed by atoms with van der Waals surface area (Å²) in [5, 5.41) is 15.3. The van der Waals surface area contributed by atoms with Crippen LogP contribution in [0.15, 0.2) is 47.6 Å². The lowest BCUT2D eigenvalue weighted by Crippen LogP contribution is -2.23. The van der Waals surface area contributed by atoms with Gasteiger partial charge in [-0.1, -0.05) is 53.2 Å². The number of ether oxygens (including phenoxy) is 1. The van der Waals surface area contributed by atoms with E-state index in [9.17, 15) is 4.79 Å². The Morgan fingerprint density at radius 2 is 1.93 bits per heavy atom. The highest BCUT2D eigenvalue weighted by Gasteiger charge is 2.22. The van der Waals surface area contributed by atoms with E-state index in [2.05, 4.69) is 20.8 Å². The highest BCUT2D eigenvalue weighted by Crippen LogP contribution is 2.32. The van der Waals surface area contributed by atoms with Gasteiger partial charge in [0.25, 0.3) is 0 Å². The molecule has 3 aromatic rings. The minimum atomic E-state index is -0.503. The zero-order valence-corrected chi connectivity index (χ0v) is 17.4. The van der Waals surface area contributed by atoms with Crippen molar-refractivity contribution in [2.75, 3.05) is 11.9 Å². The number of anilines is 1. The molecule has 0 saturated heterocycles. The van der Waals surface area contributed by atoms with Gasteiger partial charge in [-0.15, -0.1) is 5.10 Å². The van der Waals surface area contributed by atoms with Gasteiger partial charge in [-0.25, -0.2) is 0 Å². The molecule has 1 aromatic heterocycles. The van der Waals surface area contributed by atoms with Crippen LogP contribution < -0.4 is 10.1 Å². The van der Waals surface area contributed by atoms with E-state index in [1.165, 1.54) is 11.8 Å². The van der Waals surface area contributed by atoms with Gasteiger partial charge in [0.05, 0.1) is 27.6 Å².